The first-order valence-electron chi connectivity index (χ1n) is 22.7. The lowest BCUT2D eigenvalue weighted by atomic mass is 9.99. The van der Waals surface area contributed by atoms with Gasteiger partial charge in [-0.05, 0) is 38.5 Å². The van der Waals surface area contributed by atoms with E-state index in [1.54, 1.807) is 0 Å². The molecule has 1 rings (SSSR count). The zero-order valence-corrected chi connectivity index (χ0v) is 36.3. The highest BCUT2D eigenvalue weighted by Crippen LogP contribution is 2.26. The largest absolute Gasteiger partial charge is 0.397 e. The van der Waals surface area contributed by atoms with Crippen LogP contribution in [0.25, 0.3) is 0 Å². The molecule has 0 saturated carbocycles. The Morgan fingerprint density at radius 2 is 1.12 bits per heavy atom. The first-order valence-corrected chi connectivity index (χ1v) is 24.0. The Morgan fingerprint density at radius 1 is 0.684 bits per heavy atom. The summed E-state index contributed by atoms with van der Waals surface area (Å²) in [5, 5.41) is 55.3. The monoisotopic (exact) mass is 838 g/mol. The molecule has 1 amide bonds. The summed E-state index contributed by atoms with van der Waals surface area (Å²) >= 11 is 0. The van der Waals surface area contributed by atoms with Crippen LogP contribution in [0.1, 0.15) is 194 Å². The first-order chi connectivity index (χ1) is 27.4. The molecule has 13 nitrogen and oxygen atoms in total. The second-order valence-corrected chi connectivity index (χ2v) is 17.2. The van der Waals surface area contributed by atoms with Gasteiger partial charge < -0.3 is 40.3 Å². The third-order valence-electron chi connectivity index (χ3n) is 10.9. The van der Waals surface area contributed by atoms with Gasteiger partial charge in [0, 0.05) is 0 Å². The van der Waals surface area contributed by atoms with Crippen LogP contribution in [-0.4, -0.2) is 107 Å². The van der Waals surface area contributed by atoms with Crippen LogP contribution < -0.4 is 5.32 Å². The lowest BCUT2D eigenvalue weighted by Crippen LogP contribution is -2.61. The van der Waals surface area contributed by atoms with Crippen molar-refractivity contribution >= 4 is 16.3 Å². The summed E-state index contributed by atoms with van der Waals surface area (Å²) in [5.74, 6) is -0.678. The highest BCUT2D eigenvalue weighted by atomic mass is 32.3. The molecule has 1 heterocycles. The summed E-state index contributed by atoms with van der Waals surface area (Å²) in [5.41, 5.74) is 0. The van der Waals surface area contributed by atoms with Crippen molar-refractivity contribution in [3.63, 3.8) is 0 Å². The van der Waals surface area contributed by atoms with Crippen LogP contribution in [-0.2, 0) is 28.9 Å². The van der Waals surface area contributed by atoms with Gasteiger partial charge in [-0.2, -0.15) is 8.42 Å². The fraction of sp³-hybridized carbons (Fsp3) is 0.930. The third kappa shape index (κ3) is 27.3. The standard InChI is InChI=1S/C43H83NO12S/c1-3-5-7-9-11-13-15-17-18-20-22-24-26-28-30-32-37(47)42(50)44-35(36(46)31-29-27-25-23-21-19-16-14-12-10-8-6-4-2)34-54-43-40(49)41(56-57(51,52)53)39(48)38(33-45)55-43/h18,20,35-41,43,45-49H,3-17,19,21-34H2,1-2H3,(H,44,50)(H,51,52,53)/b20-18-. The number of ether oxygens (including phenoxy) is 2. The summed E-state index contributed by atoms with van der Waals surface area (Å²) < 4.78 is 47.5. The lowest BCUT2D eigenvalue weighted by Gasteiger charge is -2.41. The second kappa shape index (κ2) is 34.5. The van der Waals surface area contributed by atoms with E-state index in [1.165, 1.54) is 103 Å². The Kier molecular flexibility index (Phi) is 32.6. The Hall–Kier alpha value is -1.20. The van der Waals surface area contributed by atoms with E-state index in [4.69, 9.17) is 9.47 Å². The van der Waals surface area contributed by atoms with Crippen LogP contribution >= 0.6 is 0 Å². The van der Waals surface area contributed by atoms with Gasteiger partial charge in [0.1, 0.15) is 30.5 Å². The average molecular weight is 838 g/mol. The number of aliphatic hydroxyl groups is 5. The molecule has 8 atom stereocenters. The molecule has 0 aromatic rings. The number of nitrogens with one attached hydrogen (secondary N) is 1. The van der Waals surface area contributed by atoms with Crippen molar-refractivity contribution in [1.29, 1.82) is 0 Å². The summed E-state index contributed by atoms with van der Waals surface area (Å²) in [6.45, 7) is 3.26. The Bertz CT molecular complexity index is 1100. The summed E-state index contributed by atoms with van der Waals surface area (Å²) in [6.07, 6.45) is 24.0. The van der Waals surface area contributed by atoms with E-state index in [0.29, 0.717) is 19.3 Å². The Morgan fingerprint density at radius 3 is 1.58 bits per heavy atom. The molecule has 0 spiro atoms. The zero-order valence-electron chi connectivity index (χ0n) is 35.5. The smallest absolute Gasteiger partial charge is 0.394 e. The van der Waals surface area contributed by atoms with E-state index in [-0.39, 0.29) is 6.42 Å². The third-order valence-corrected chi connectivity index (χ3v) is 11.4. The average Bonchev–Trinajstić information content (AvgIpc) is 3.18. The van der Waals surface area contributed by atoms with Gasteiger partial charge in [-0.3, -0.25) is 9.35 Å². The molecule has 0 radical (unpaired) electrons. The normalized spacial score (nSPS) is 21.9. The fourth-order valence-corrected chi connectivity index (χ4v) is 7.79. The van der Waals surface area contributed by atoms with Crippen molar-refractivity contribution in [3.05, 3.63) is 12.2 Å². The molecule has 1 fully saturated rings. The number of hydrogen-bond donors (Lipinski definition) is 7. The number of aliphatic hydroxyl groups excluding tert-OH is 5. The molecule has 7 N–H and O–H groups in total. The maximum atomic E-state index is 13.1. The minimum absolute atomic E-state index is 0.248. The summed E-state index contributed by atoms with van der Waals surface area (Å²) in [6, 6.07) is -1.03. The molecule has 1 aliphatic heterocycles. The van der Waals surface area contributed by atoms with E-state index in [0.717, 1.165) is 51.4 Å². The predicted molar refractivity (Wildman–Crippen MR) is 224 cm³/mol. The van der Waals surface area contributed by atoms with Crippen LogP contribution in [0.3, 0.4) is 0 Å². The number of amides is 1. The minimum atomic E-state index is -5.11. The number of rotatable bonds is 38. The molecule has 338 valence electrons. The van der Waals surface area contributed by atoms with Gasteiger partial charge in [-0.25, -0.2) is 4.18 Å². The quantitative estimate of drug-likeness (QED) is 0.0185. The van der Waals surface area contributed by atoms with Gasteiger partial charge in [0.15, 0.2) is 6.29 Å². The maximum absolute atomic E-state index is 13.1. The molecule has 57 heavy (non-hydrogen) atoms. The molecule has 14 heteroatoms. The Balaban J connectivity index is 2.59. The highest BCUT2D eigenvalue weighted by molar-refractivity contribution is 7.80. The molecule has 8 unspecified atom stereocenters. The molecule has 0 aliphatic carbocycles. The maximum Gasteiger partial charge on any atom is 0.397 e. The fourth-order valence-electron chi connectivity index (χ4n) is 7.28. The van der Waals surface area contributed by atoms with Gasteiger partial charge in [-0.15, -0.1) is 0 Å². The van der Waals surface area contributed by atoms with Crippen LogP contribution in [0.4, 0.5) is 0 Å². The van der Waals surface area contributed by atoms with Gasteiger partial charge in [0.2, 0.25) is 5.91 Å². The van der Waals surface area contributed by atoms with E-state index < -0.39 is 78.5 Å². The summed E-state index contributed by atoms with van der Waals surface area (Å²) in [7, 11) is -5.11. The molecular formula is C43H83NO12S. The highest BCUT2D eigenvalue weighted by Gasteiger charge is 2.48. The predicted octanol–water partition coefficient (Wildman–Crippen LogP) is 7.36. The van der Waals surface area contributed by atoms with E-state index in [9.17, 15) is 43.3 Å². The van der Waals surface area contributed by atoms with Gasteiger partial charge in [-0.1, -0.05) is 167 Å². The number of allylic oxidation sites excluding steroid dienone is 2. The number of carbonyl (C=O) groups excluding carboxylic acids is 1. The summed E-state index contributed by atoms with van der Waals surface area (Å²) in [4.78, 5) is 13.1. The Labute approximate surface area is 345 Å². The van der Waals surface area contributed by atoms with Crippen LogP contribution in [0.2, 0.25) is 0 Å². The zero-order chi connectivity index (χ0) is 42.2. The van der Waals surface area contributed by atoms with Crippen molar-refractivity contribution in [2.45, 2.75) is 243 Å². The molecule has 1 aliphatic rings. The van der Waals surface area contributed by atoms with Gasteiger partial charge >= 0.3 is 10.4 Å². The van der Waals surface area contributed by atoms with Crippen molar-refractivity contribution in [2.75, 3.05) is 13.2 Å². The topological polar surface area (TPSA) is 212 Å². The lowest BCUT2D eigenvalue weighted by molar-refractivity contribution is -0.298. The second-order valence-electron chi connectivity index (χ2n) is 16.1. The molecule has 0 bridgehead atoms. The van der Waals surface area contributed by atoms with Crippen molar-refractivity contribution < 1.29 is 57.0 Å². The van der Waals surface area contributed by atoms with Crippen molar-refractivity contribution in [1.82, 2.24) is 5.32 Å². The molecule has 0 aromatic carbocycles. The number of carbonyl (C=O) groups is 1. The van der Waals surface area contributed by atoms with Crippen LogP contribution in [0.5, 0.6) is 0 Å². The van der Waals surface area contributed by atoms with E-state index in [2.05, 4.69) is 35.5 Å². The number of unbranched alkanes of at least 4 members (excludes halogenated alkanes) is 23. The van der Waals surface area contributed by atoms with Crippen molar-refractivity contribution in [2.24, 2.45) is 0 Å². The first kappa shape index (κ1) is 53.8. The molecule has 1 saturated heterocycles. The number of hydrogen-bond acceptors (Lipinski definition) is 11. The minimum Gasteiger partial charge on any atom is -0.394 e. The van der Waals surface area contributed by atoms with Crippen molar-refractivity contribution in [3.8, 4) is 0 Å². The van der Waals surface area contributed by atoms with Gasteiger partial charge in [0.05, 0.1) is 25.4 Å². The van der Waals surface area contributed by atoms with Crippen LogP contribution in [0, 0.1) is 0 Å². The van der Waals surface area contributed by atoms with E-state index in [1.807, 2.05) is 0 Å². The molecule has 0 aromatic heterocycles. The van der Waals surface area contributed by atoms with Gasteiger partial charge in [0.25, 0.3) is 0 Å². The molecular weight excluding hydrogens is 755 g/mol. The van der Waals surface area contributed by atoms with Crippen LogP contribution in [0.15, 0.2) is 12.2 Å². The SMILES string of the molecule is CCCCCCCCC/C=C\CCCCCCC(O)C(=O)NC(COC1OC(CO)C(O)C(OS(=O)(=O)O)C1O)C(O)CCCCCCCCCCCCCCC. The van der Waals surface area contributed by atoms with E-state index >= 15 is 0 Å².